The van der Waals surface area contributed by atoms with Gasteiger partial charge in [0.25, 0.3) is 0 Å². The standard InChI is InChI=1S/C16H25N3O.ClH/c1-2-12-19(13-8-15-5-3-4-9-18-15)16(20)14-6-10-17-11-7-14;/h3-5,9,14,17H,2,6-8,10-13H2,1H3;1H. The Morgan fingerprint density at radius 2 is 2.10 bits per heavy atom. The lowest BCUT2D eigenvalue weighted by Crippen LogP contribution is -2.42. The third-order valence-electron chi connectivity index (χ3n) is 3.86. The SMILES string of the molecule is CCCN(CCc1ccccn1)C(=O)C1CCNCC1.Cl. The number of hydrogen-bond donors (Lipinski definition) is 1. The predicted octanol–water partition coefficient (Wildman–Crippen LogP) is 2.28. The van der Waals surface area contributed by atoms with Gasteiger partial charge in [0.2, 0.25) is 5.91 Å². The van der Waals surface area contributed by atoms with E-state index in [1.807, 2.05) is 29.3 Å². The first-order chi connectivity index (χ1) is 9.81. The van der Waals surface area contributed by atoms with Gasteiger partial charge in [0.15, 0.2) is 0 Å². The first kappa shape index (κ1) is 17.9. The minimum absolute atomic E-state index is 0. The van der Waals surface area contributed by atoms with E-state index >= 15 is 0 Å². The molecule has 2 heterocycles. The number of carbonyl (C=O) groups is 1. The van der Waals surface area contributed by atoms with Crippen LogP contribution < -0.4 is 5.32 Å². The number of carbonyl (C=O) groups excluding carboxylic acids is 1. The van der Waals surface area contributed by atoms with Crippen LogP contribution in [-0.2, 0) is 11.2 Å². The van der Waals surface area contributed by atoms with Crippen molar-refractivity contribution in [3.05, 3.63) is 30.1 Å². The first-order valence-electron chi connectivity index (χ1n) is 7.70. The summed E-state index contributed by atoms with van der Waals surface area (Å²) >= 11 is 0. The fourth-order valence-corrected chi connectivity index (χ4v) is 2.72. The van der Waals surface area contributed by atoms with E-state index in [4.69, 9.17) is 0 Å². The summed E-state index contributed by atoms with van der Waals surface area (Å²) < 4.78 is 0. The van der Waals surface area contributed by atoms with Crippen LogP contribution in [0.4, 0.5) is 0 Å². The summed E-state index contributed by atoms with van der Waals surface area (Å²) in [5.41, 5.74) is 1.06. The van der Waals surface area contributed by atoms with Gasteiger partial charge in [0, 0.05) is 37.3 Å². The molecule has 4 nitrogen and oxygen atoms in total. The highest BCUT2D eigenvalue weighted by Crippen LogP contribution is 2.15. The molecular formula is C16H26ClN3O. The Bertz CT molecular complexity index is 407. The smallest absolute Gasteiger partial charge is 0.225 e. The molecule has 0 radical (unpaired) electrons. The van der Waals surface area contributed by atoms with Crippen molar-refractivity contribution in [2.75, 3.05) is 26.2 Å². The average molecular weight is 312 g/mol. The molecule has 5 heteroatoms. The molecule has 2 rings (SSSR count). The monoisotopic (exact) mass is 311 g/mol. The fraction of sp³-hybridized carbons (Fsp3) is 0.625. The molecule has 1 aromatic rings. The summed E-state index contributed by atoms with van der Waals surface area (Å²) in [6, 6.07) is 5.95. The summed E-state index contributed by atoms with van der Waals surface area (Å²) in [5.74, 6) is 0.552. The Hall–Kier alpha value is -1.13. The summed E-state index contributed by atoms with van der Waals surface area (Å²) in [6.07, 6.45) is 5.62. The van der Waals surface area contributed by atoms with E-state index in [0.29, 0.717) is 5.91 Å². The average Bonchev–Trinajstić information content (AvgIpc) is 2.52. The number of amides is 1. The van der Waals surface area contributed by atoms with Crippen molar-refractivity contribution >= 4 is 18.3 Å². The number of aromatic nitrogens is 1. The summed E-state index contributed by atoms with van der Waals surface area (Å²) in [4.78, 5) is 19.0. The van der Waals surface area contributed by atoms with Crippen LogP contribution in [0.2, 0.25) is 0 Å². The van der Waals surface area contributed by atoms with Crippen LogP contribution in [0.25, 0.3) is 0 Å². The van der Waals surface area contributed by atoms with E-state index in [9.17, 15) is 4.79 Å². The Kier molecular flexibility index (Phi) is 8.31. The molecule has 0 aliphatic carbocycles. The lowest BCUT2D eigenvalue weighted by molar-refractivity contribution is -0.136. The zero-order chi connectivity index (χ0) is 14.2. The van der Waals surface area contributed by atoms with E-state index in [1.54, 1.807) is 0 Å². The number of hydrogen-bond acceptors (Lipinski definition) is 3. The van der Waals surface area contributed by atoms with Gasteiger partial charge in [0.05, 0.1) is 0 Å². The Balaban J connectivity index is 0.00000220. The molecule has 1 saturated heterocycles. The van der Waals surface area contributed by atoms with Crippen molar-refractivity contribution in [3.63, 3.8) is 0 Å². The van der Waals surface area contributed by atoms with Crippen LogP contribution in [0.1, 0.15) is 31.9 Å². The van der Waals surface area contributed by atoms with Crippen molar-refractivity contribution in [2.24, 2.45) is 5.92 Å². The van der Waals surface area contributed by atoms with Crippen LogP contribution in [0.15, 0.2) is 24.4 Å². The molecule has 1 aromatic heterocycles. The molecule has 0 saturated carbocycles. The Labute approximate surface area is 133 Å². The topological polar surface area (TPSA) is 45.2 Å². The predicted molar refractivity (Wildman–Crippen MR) is 87.7 cm³/mol. The fourth-order valence-electron chi connectivity index (χ4n) is 2.72. The second kappa shape index (κ2) is 9.74. The maximum atomic E-state index is 12.6. The second-order valence-corrected chi connectivity index (χ2v) is 5.42. The van der Waals surface area contributed by atoms with E-state index < -0.39 is 0 Å². The zero-order valence-corrected chi connectivity index (χ0v) is 13.6. The largest absolute Gasteiger partial charge is 0.342 e. The summed E-state index contributed by atoms with van der Waals surface area (Å²) in [7, 11) is 0. The van der Waals surface area contributed by atoms with Gasteiger partial charge in [-0.25, -0.2) is 0 Å². The van der Waals surface area contributed by atoms with Gasteiger partial charge < -0.3 is 10.2 Å². The molecule has 21 heavy (non-hydrogen) atoms. The quantitative estimate of drug-likeness (QED) is 0.876. The molecule has 1 fully saturated rings. The molecule has 0 unspecified atom stereocenters. The highest BCUT2D eigenvalue weighted by Gasteiger charge is 2.25. The lowest BCUT2D eigenvalue weighted by atomic mass is 9.96. The number of nitrogens with one attached hydrogen (secondary N) is 1. The van der Waals surface area contributed by atoms with Gasteiger partial charge in [0.1, 0.15) is 0 Å². The zero-order valence-electron chi connectivity index (χ0n) is 12.8. The summed E-state index contributed by atoms with van der Waals surface area (Å²) in [5, 5.41) is 3.32. The van der Waals surface area contributed by atoms with Crippen LogP contribution >= 0.6 is 12.4 Å². The Morgan fingerprint density at radius 1 is 1.33 bits per heavy atom. The van der Waals surface area contributed by atoms with Gasteiger partial charge in [-0.05, 0) is 44.5 Å². The molecule has 118 valence electrons. The molecule has 1 N–H and O–H groups in total. The maximum Gasteiger partial charge on any atom is 0.225 e. The third kappa shape index (κ3) is 5.64. The molecule has 1 aliphatic rings. The normalized spacial score (nSPS) is 15.3. The van der Waals surface area contributed by atoms with Gasteiger partial charge >= 0.3 is 0 Å². The minimum Gasteiger partial charge on any atom is -0.342 e. The molecule has 1 amide bonds. The summed E-state index contributed by atoms with van der Waals surface area (Å²) in [6.45, 7) is 5.71. The van der Waals surface area contributed by atoms with Crippen LogP contribution in [0, 0.1) is 5.92 Å². The van der Waals surface area contributed by atoms with Crippen molar-refractivity contribution in [1.29, 1.82) is 0 Å². The first-order valence-corrected chi connectivity index (χ1v) is 7.70. The highest BCUT2D eigenvalue weighted by molar-refractivity contribution is 5.85. The van der Waals surface area contributed by atoms with Crippen LogP contribution in [-0.4, -0.2) is 42.0 Å². The number of nitrogens with zero attached hydrogens (tertiary/aromatic N) is 2. The number of pyridine rings is 1. The minimum atomic E-state index is 0. The second-order valence-electron chi connectivity index (χ2n) is 5.42. The lowest BCUT2D eigenvalue weighted by Gasteiger charge is -2.29. The number of halogens is 1. The van der Waals surface area contributed by atoms with E-state index in [0.717, 1.165) is 57.6 Å². The Morgan fingerprint density at radius 3 is 2.71 bits per heavy atom. The van der Waals surface area contributed by atoms with Crippen molar-refractivity contribution in [3.8, 4) is 0 Å². The van der Waals surface area contributed by atoms with E-state index in [-0.39, 0.29) is 18.3 Å². The molecule has 1 aliphatic heterocycles. The van der Waals surface area contributed by atoms with Crippen LogP contribution in [0.5, 0.6) is 0 Å². The maximum absolute atomic E-state index is 12.6. The van der Waals surface area contributed by atoms with Crippen LogP contribution in [0.3, 0.4) is 0 Å². The van der Waals surface area contributed by atoms with E-state index in [2.05, 4.69) is 17.2 Å². The van der Waals surface area contributed by atoms with Gasteiger partial charge in [-0.15, -0.1) is 12.4 Å². The number of rotatable bonds is 6. The molecular weight excluding hydrogens is 286 g/mol. The van der Waals surface area contributed by atoms with Crippen molar-refractivity contribution < 1.29 is 4.79 Å². The third-order valence-corrected chi connectivity index (χ3v) is 3.86. The molecule has 0 spiro atoms. The molecule has 0 bridgehead atoms. The van der Waals surface area contributed by atoms with Gasteiger partial charge in [-0.2, -0.15) is 0 Å². The van der Waals surface area contributed by atoms with Crippen molar-refractivity contribution in [2.45, 2.75) is 32.6 Å². The van der Waals surface area contributed by atoms with Crippen molar-refractivity contribution in [1.82, 2.24) is 15.2 Å². The van der Waals surface area contributed by atoms with Gasteiger partial charge in [-0.1, -0.05) is 13.0 Å². The molecule has 0 aromatic carbocycles. The molecule has 0 atom stereocenters. The highest BCUT2D eigenvalue weighted by atomic mass is 35.5. The number of piperidine rings is 1. The van der Waals surface area contributed by atoms with Gasteiger partial charge in [-0.3, -0.25) is 9.78 Å². The van der Waals surface area contributed by atoms with E-state index in [1.165, 1.54) is 0 Å².